The average molecular weight is 459 g/mol. The van der Waals surface area contributed by atoms with Gasteiger partial charge in [0, 0.05) is 17.0 Å². The van der Waals surface area contributed by atoms with Crippen LogP contribution in [0.2, 0.25) is 0 Å². The second kappa shape index (κ2) is 10.8. The number of aromatic nitrogens is 1. The Morgan fingerprint density at radius 1 is 1.00 bits per heavy atom. The summed E-state index contributed by atoms with van der Waals surface area (Å²) in [6.45, 7) is 0. The Labute approximate surface area is 188 Å². The molecule has 31 heavy (non-hydrogen) atoms. The quantitative estimate of drug-likeness (QED) is 0.357. The summed E-state index contributed by atoms with van der Waals surface area (Å²) in [5.41, 5.74) is 1.83. The molecular weight excluding hydrogens is 436 g/mol. The summed E-state index contributed by atoms with van der Waals surface area (Å²) in [5.74, 6) is 1.93. The number of rotatable bonds is 10. The highest BCUT2D eigenvalue weighted by Gasteiger charge is 2.13. The maximum Gasteiger partial charge on any atom is 0.230 e. The zero-order chi connectivity index (χ0) is 22.2. The molecule has 0 saturated heterocycles. The first kappa shape index (κ1) is 22.6. The molecule has 0 aliphatic carbocycles. The molecule has 9 heteroatoms. The van der Waals surface area contributed by atoms with E-state index in [1.54, 1.807) is 56.7 Å². The van der Waals surface area contributed by atoms with Gasteiger partial charge in [0.05, 0.1) is 44.9 Å². The van der Waals surface area contributed by atoms with Crippen LogP contribution in [-0.2, 0) is 11.2 Å². The number of benzene rings is 2. The molecule has 1 amide bonds. The Kier molecular flexibility index (Phi) is 7.91. The zero-order valence-corrected chi connectivity index (χ0v) is 19.0. The van der Waals surface area contributed by atoms with Gasteiger partial charge in [-0.2, -0.15) is 0 Å². The van der Waals surface area contributed by atoms with Gasteiger partial charge in [0.15, 0.2) is 10.1 Å². The van der Waals surface area contributed by atoms with E-state index in [4.69, 9.17) is 14.2 Å². The number of hydrogen-bond acceptors (Lipinski definition) is 8. The van der Waals surface area contributed by atoms with Crippen LogP contribution in [0.5, 0.6) is 17.2 Å². The molecule has 1 N–H and O–H groups in total. The molecular formula is C22H22N2O5S2. The lowest BCUT2D eigenvalue weighted by Crippen LogP contribution is -2.15. The fraction of sp³-hybridized carbons (Fsp3) is 0.227. The standard InChI is InChI=1S/C22H22N2O5S2/c1-27-16-6-4-14(5-7-16)19(25)13-31-22-23-15(12-30-22)10-21(26)24-18-9-8-17(28-2)11-20(18)29-3/h4-9,11-12H,10,13H2,1-3H3,(H,24,26). The highest BCUT2D eigenvalue weighted by molar-refractivity contribution is 8.01. The molecule has 1 heterocycles. The summed E-state index contributed by atoms with van der Waals surface area (Å²) >= 11 is 2.77. The van der Waals surface area contributed by atoms with Crippen LogP contribution in [-0.4, -0.2) is 43.8 Å². The van der Waals surface area contributed by atoms with Crippen molar-refractivity contribution in [2.24, 2.45) is 0 Å². The molecule has 1 aromatic heterocycles. The van der Waals surface area contributed by atoms with Gasteiger partial charge in [-0.3, -0.25) is 9.59 Å². The molecule has 0 bridgehead atoms. The summed E-state index contributed by atoms with van der Waals surface area (Å²) in [6.07, 6.45) is 0.124. The van der Waals surface area contributed by atoms with Crippen molar-refractivity contribution >= 4 is 40.5 Å². The predicted molar refractivity (Wildman–Crippen MR) is 122 cm³/mol. The van der Waals surface area contributed by atoms with Crippen molar-refractivity contribution in [3.05, 3.63) is 59.1 Å². The minimum Gasteiger partial charge on any atom is -0.497 e. The number of amides is 1. The molecule has 2 aromatic carbocycles. The van der Waals surface area contributed by atoms with E-state index in [9.17, 15) is 9.59 Å². The van der Waals surface area contributed by atoms with Gasteiger partial charge in [-0.05, 0) is 36.4 Å². The van der Waals surface area contributed by atoms with Crippen molar-refractivity contribution in [3.63, 3.8) is 0 Å². The number of anilines is 1. The average Bonchev–Trinajstić information content (AvgIpc) is 3.24. The number of nitrogens with one attached hydrogen (secondary N) is 1. The van der Waals surface area contributed by atoms with Gasteiger partial charge in [-0.15, -0.1) is 11.3 Å². The second-order valence-electron chi connectivity index (χ2n) is 6.34. The smallest absolute Gasteiger partial charge is 0.230 e. The maximum absolute atomic E-state index is 12.4. The molecule has 7 nitrogen and oxygen atoms in total. The summed E-state index contributed by atoms with van der Waals surface area (Å²) in [5, 5.41) is 4.65. The first-order valence-electron chi connectivity index (χ1n) is 9.28. The van der Waals surface area contributed by atoms with Crippen molar-refractivity contribution in [3.8, 4) is 17.2 Å². The van der Waals surface area contributed by atoms with Gasteiger partial charge >= 0.3 is 0 Å². The number of thioether (sulfide) groups is 1. The van der Waals surface area contributed by atoms with E-state index in [1.807, 2.05) is 5.38 Å². The van der Waals surface area contributed by atoms with Crippen molar-refractivity contribution in [2.75, 3.05) is 32.4 Å². The number of carbonyl (C=O) groups is 2. The lowest BCUT2D eigenvalue weighted by atomic mass is 10.1. The van der Waals surface area contributed by atoms with Gasteiger partial charge in [0.2, 0.25) is 5.91 Å². The lowest BCUT2D eigenvalue weighted by molar-refractivity contribution is -0.115. The van der Waals surface area contributed by atoms with Crippen LogP contribution >= 0.6 is 23.1 Å². The Balaban J connectivity index is 1.53. The SMILES string of the molecule is COc1ccc(C(=O)CSc2nc(CC(=O)Nc3ccc(OC)cc3OC)cs2)cc1. The van der Waals surface area contributed by atoms with Crippen LogP contribution in [0.1, 0.15) is 16.1 Å². The van der Waals surface area contributed by atoms with Gasteiger partial charge in [-0.1, -0.05) is 11.8 Å². The normalized spacial score (nSPS) is 10.4. The number of nitrogens with zero attached hydrogens (tertiary/aromatic N) is 1. The predicted octanol–water partition coefficient (Wildman–Crippen LogP) is 4.33. The molecule has 0 aliphatic heterocycles. The van der Waals surface area contributed by atoms with Crippen molar-refractivity contribution in [1.29, 1.82) is 0 Å². The lowest BCUT2D eigenvalue weighted by Gasteiger charge is -2.11. The summed E-state index contributed by atoms with van der Waals surface area (Å²) in [4.78, 5) is 29.2. The van der Waals surface area contributed by atoms with Gasteiger partial charge in [0.25, 0.3) is 0 Å². The van der Waals surface area contributed by atoms with E-state index in [-0.39, 0.29) is 23.9 Å². The van der Waals surface area contributed by atoms with Gasteiger partial charge in [-0.25, -0.2) is 4.98 Å². The number of methoxy groups -OCH3 is 3. The van der Waals surface area contributed by atoms with E-state index in [0.29, 0.717) is 34.2 Å². The van der Waals surface area contributed by atoms with Crippen LogP contribution in [0.25, 0.3) is 0 Å². The van der Waals surface area contributed by atoms with E-state index >= 15 is 0 Å². The number of thiazole rings is 1. The Bertz CT molecular complexity index is 1050. The molecule has 0 atom stereocenters. The van der Waals surface area contributed by atoms with Crippen LogP contribution in [0.15, 0.2) is 52.2 Å². The Hall–Kier alpha value is -3.04. The number of carbonyl (C=O) groups excluding carboxylic acids is 2. The van der Waals surface area contributed by atoms with Crippen molar-refractivity contribution in [2.45, 2.75) is 10.8 Å². The third-order valence-corrected chi connectivity index (χ3v) is 6.36. The number of ketones is 1. The van der Waals surface area contributed by atoms with Gasteiger partial charge in [0.1, 0.15) is 17.2 Å². The maximum atomic E-state index is 12.4. The number of ether oxygens (including phenoxy) is 3. The second-order valence-corrected chi connectivity index (χ2v) is 8.42. The highest BCUT2D eigenvalue weighted by Crippen LogP contribution is 2.29. The van der Waals surface area contributed by atoms with Crippen molar-refractivity contribution < 1.29 is 23.8 Å². The number of hydrogen-bond donors (Lipinski definition) is 1. The topological polar surface area (TPSA) is 86.8 Å². The molecule has 0 radical (unpaired) electrons. The minimum absolute atomic E-state index is 0.00810. The molecule has 0 unspecified atom stereocenters. The van der Waals surface area contributed by atoms with Crippen LogP contribution < -0.4 is 19.5 Å². The van der Waals surface area contributed by atoms with Crippen molar-refractivity contribution in [1.82, 2.24) is 4.98 Å². The summed E-state index contributed by atoms with van der Waals surface area (Å²) in [6, 6.07) is 12.2. The third kappa shape index (κ3) is 6.22. The molecule has 0 saturated carbocycles. The Morgan fingerprint density at radius 2 is 1.71 bits per heavy atom. The third-order valence-electron chi connectivity index (χ3n) is 4.29. The van der Waals surface area contributed by atoms with Crippen LogP contribution in [0.3, 0.4) is 0 Å². The number of Topliss-reactive ketones (excluding diaryl/α,β-unsaturated/α-hetero) is 1. The molecule has 3 aromatic rings. The van der Waals surface area contributed by atoms with E-state index in [2.05, 4.69) is 10.3 Å². The fourth-order valence-electron chi connectivity index (χ4n) is 2.68. The van der Waals surface area contributed by atoms with E-state index in [0.717, 1.165) is 4.34 Å². The molecule has 3 rings (SSSR count). The van der Waals surface area contributed by atoms with E-state index in [1.165, 1.54) is 30.2 Å². The summed E-state index contributed by atoms with van der Waals surface area (Å²) in [7, 11) is 4.68. The molecule has 162 valence electrons. The summed E-state index contributed by atoms with van der Waals surface area (Å²) < 4.78 is 16.3. The zero-order valence-electron chi connectivity index (χ0n) is 17.3. The largest absolute Gasteiger partial charge is 0.497 e. The molecule has 0 fully saturated rings. The molecule has 0 aliphatic rings. The highest BCUT2D eigenvalue weighted by atomic mass is 32.2. The van der Waals surface area contributed by atoms with E-state index < -0.39 is 0 Å². The monoisotopic (exact) mass is 458 g/mol. The van der Waals surface area contributed by atoms with Gasteiger partial charge < -0.3 is 19.5 Å². The Morgan fingerprint density at radius 3 is 2.39 bits per heavy atom. The fourth-order valence-corrected chi connectivity index (χ4v) is 4.42. The first-order valence-corrected chi connectivity index (χ1v) is 11.1. The van der Waals surface area contributed by atoms with Crippen LogP contribution in [0, 0.1) is 0 Å². The molecule has 0 spiro atoms. The minimum atomic E-state index is -0.209. The first-order chi connectivity index (χ1) is 15.0. The van der Waals surface area contributed by atoms with Crippen LogP contribution in [0.4, 0.5) is 5.69 Å².